The summed E-state index contributed by atoms with van der Waals surface area (Å²) in [4.78, 5) is 14.1. The smallest absolute Gasteiger partial charge is 0.406 e. The second-order valence-corrected chi connectivity index (χ2v) is 6.27. The normalized spacial score (nSPS) is 17.1. The highest BCUT2D eigenvalue weighted by Crippen LogP contribution is 2.23. The van der Waals surface area contributed by atoms with Gasteiger partial charge in [0.15, 0.2) is 0 Å². The van der Waals surface area contributed by atoms with Crippen LogP contribution in [0.25, 0.3) is 0 Å². The van der Waals surface area contributed by atoms with Crippen LogP contribution in [-0.4, -0.2) is 36.3 Å². The van der Waals surface area contributed by atoms with Gasteiger partial charge in [0.1, 0.15) is 5.75 Å². The van der Waals surface area contributed by atoms with Crippen LogP contribution in [0.5, 0.6) is 5.75 Å². The number of rotatable bonds is 6. The maximum absolute atomic E-state index is 12.2. The van der Waals surface area contributed by atoms with E-state index in [1.165, 1.54) is 12.1 Å². The monoisotopic (exact) mass is 344 g/mol. The van der Waals surface area contributed by atoms with Crippen LogP contribution in [-0.2, 0) is 11.3 Å². The second-order valence-electron chi connectivity index (χ2n) is 6.27. The molecule has 1 saturated carbocycles. The fourth-order valence-corrected chi connectivity index (χ4v) is 2.81. The third kappa shape index (κ3) is 5.70. The molecule has 0 saturated heterocycles. The Balaban J connectivity index is 1.86. The summed E-state index contributed by atoms with van der Waals surface area (Å²) in [5.41, 5.74) is 0.813. The first-order valence-corrected chi connectivity index (χ1v) is 8.10. The Morgan fingerprint density at radius 3 is 2.42 bits per heavy atom. The molecule has 0 bridgehead atoms. The predicted octanol–water partition coefficient (Wildman–Crippen LogP) is 3.46. The molecule has 4 nitrogen and oxygen atoms in total. The van der Waals surface area contributed by atoms with E-state index in [4.69, 9.17) is 0 Å². The Bertz CT molecular complexity index is 540. The molecule has 1 fully saturated rings. The van der Waals surface area contributed by atoms with Gasteiger partial charge in [0.2, 0.25) is 5.91 Å². The average Bonchev–Trinajstić information content (AvgIpc) is 2.99. The van der Waals surface area contributed by atoms with Gasteiger partial charge in [-0.1, -0.05) is 25.0 Å². The molecule has 1 unspecified atom stereocenters. The van der Waals surface area contributed by atoms with Crippen LogP contribution in [0.3, 0.4) is 0 Å². The summed E-state index contributed by atoms with van der Waals surface area (Å²) >= 11 is 0. The number of carbonyl (C=O) groups is 1. The van der Waals surface area contributed by atoms with Crippen molar-refractivity contribution in [3.63, 3.8) is 0 Å². The molecule has 0 radical (unpaired) electrons. The van der Waals surface area contributed by atoms with E-state index in [0.717, 1.165) is 31.2 Å². The van der Waals surface area contributed by atoms with E-state index in [1.807, 2.05) is 18.9 Å². The van der Waals surface area contributed by atoms with Gasteiger partial charge in [-0.25, -0.2) is 0 Å². The minimum absolute atomic E-state index is 0.0126. The molecule has 1 aromatic carbocycles. The van der Waals surface area contributed by atoms with E-state index in [0.29, 0.717) is 6.54 Å². The van der Waals surface area contributed by atoms with Crippen LogP contribution in [0.15, 0.2) is 24.3 Å². The van der Waals surface area contributed by atoms with Crippen molar-refractivity contribution >= 4 is 5.91 Å². The van der Waals surface area contributed by atoms with Crippen molar-refractivity contribution in [2.24, 2.45) is 0 Å². The van der Waals surface area contributed by atoms with Gasteiger partial charge in [-0.15, -0.1) is 13.2 Å². The van der Waals surface area contributed by atoms with Gasteiger partial charge < -0.3 is 10.1 Å². The summed E-state index contributed by atoms with van der Waals surface area (Å²) in [6.45, 7) is 2.29. The highest BCUT2D eigenvalue weighted by molar-refractivity contribution is 5.81. The van der Waals surface area contributed by atoms with Gasteiger partial charge in [-0.05, 0) is 44.5 Å². The first-order valence-electron chi connectivity index (χ1n) is 8.10. The topological polar surface area (TPSA) is 41.6 Å². The number of hydrogen-bond acceptors (Lipinski definition) is 3. The van der Waals surface area contributed by atoms with E-state index < -0.39 is 6.36 Å². The Kier molecular flexibility index (Phi) is 6.10. The van der Waals surface area contributed by atoms with Crippen molar-refractivity contribution in [1.82, 2.24) is 10.2 Å². The standard InChI is InChI=1S/C17H23F3N2O2/c1-12(16(23)21-14-5-3-4-6-14)22(2)11-13-7-9-15(10-8-13)24-17(18,19)20/h7-10,12,14H,3-6,11H2,1-2H3,(H,21,23). The fraction of sp³-hybridized carbons (Fsp3) is 0.588. The maximum atomic E-state index is 12.2. The summed E-state index contributed by atoms with van der Waals surface area (Å²) in [5, 5.41) is 3.05. The Morgan fingerprint density at radius 1 is 1.29 bits per heavy atom. The Hall–Kier alpha value is -1.76. The second kappa shape index (κ2) is 7.88. The van der Waals surface area contributed by atoms with Gasteiger partial charge in [-0.2, -0.15) is 0 Å². The molecule has 1 aliphatic carbocycles. The average molecular weight is 344 g/mol. The number of hydrogen-bond donors (Lipinski definition) is 1. The highest BCUT2D eigenvalue weighted by Gasteiger charge is 2.31. The highest BCUT2D eigenvalue weighted by atomic mass is 19.4. The molecule has 134 valence electrons. The van der Waals surface area contributed by atoms with Crippen molar-refractivity contribution in [3.8, 4) is 5.75 Å². The van der Waals surface area contributed by atoms with Crippen LogP contribution >= 0.6 is 0 Å². The molecule has 1 aliphatic rings. The lowest BCUT2D eigenvalue weighted by molar-refractivity contribution is -0.274. The lowest BCUT2D eigenvalue weighted by atomic mass is 10.1. The van der Waals surface area contributed by atoms with Crippen LogP contribution in [0, 0.1) is 0 Å². The minimum Gasteiger partial charge on any atom is -0.406 e. The van der Waals surface area contributed by atoms with Crippen molar-refractivity contribution in [2.75, 3.05) is 7.05 Å². The van der Waals surface area contributed by atoms with Crippen molar-refractivity contribution < 1.29 is 22.7 Å². The number of ether oxygens (including phenoxy) is 1. The number of halogens is 3. The fourth-order valence-electron chi connectivity index (χ4n) is 2.81. The largest absolute Gasteiger partial charge is 0.573 e. The van der Waals surface area contributed by atoms with E-state index in [2.05, 4.69) is 10.1 Å². The molecule has 1 amide bonds. The molecule has 0 spiro atoms. The van der Waals surface area contributed by atoms with E-state index in [9.17, 15) is 18.0 Å². The summed E-state index contributed by atoms with van der Waals surface area (Å²) in [6.07, 6.45) is -0.320. The zero-order valence-corrected chi connectivity index (χ0v) is 13.9. The minimum atomic E-state index is -4.69. The van der Waals surface area contributed by atoms with Crippen LogP contribution in [0.2, 0.25) is 0 Å². The van der Waals surface area contributed by atoms with Gasteiger partial charge >= 0.3 is 6.36 Å². The van der Waals surface area contributed by atoms with Gasteiger partial charge in [0.05, 0.1) is 6.04 Å². The zero-order valence-electron chi connectivity index (χ0n) is 13.9. The zero-order chi connectivity index (χ0) is 17.7. The van der Waals surface area contributed by atoms with Crippen molar-refractivity contribution in [1.29, 1.82) is 0 Å². The van der Waals surface area contributed by atoms with E-state index >= 15 is 0 Å². The molecule has 1 aromatic rings. The molecule has 2 rings (SSSR count). The Morgan fingerprint density at radius 2 is 1.88 bits per heavy atom. The third-order valence-electron chi connectivity index (χ3n) is 4.33. The third-order valence-corrected chi connectivity index (χ3v) is 4.33. The molecule has 24 heavy (non-hydrogen) atoms. The molecule has 0 heterocycles. The maximum Gasteiger partial charge on any atom is 0.573 e. The molecular weight excluding hydrogens is 321 g/mol. The summed E-state index contributed by atoms with van der Waals surface area (Å²) in [6, 6.07) is 5.65. The van der Waals surface area contributed by atoms with Crippen LogP contribution in [0.4, 0.5) is 13.2 Å². The summed E-state index contributed by atoms with van der Waals surface area (Å²) in [7, 11) is 1.82. The molecule has 0 aliphatic heterocycles. The number of carbonyl (C=O) groups excluding carboxylic acids is 1. The number of nitrogens with zero attached hydrogens (tertiary/aromatic N) is 1. The number of amides is 1. The quantitative estimate of drug-likeness (QED) is 0.859. The predicted molar refractivity (Wildman–Crippen MR) is 84.5 cm³/mol. The van der Waals surface area contributed by atoms with Gasteiger partial charge in [0.25, 0.3) is 0 Å². The Labute approximate surface area is 140 Å². The first-order chi connectivity index (χ1) is 11.2. The molecular formula is C17H23F3N2O2. The number of benzene rings is 1. The number of nitrogens with one attached hydrogen (secondary N) is 1. The van der Waals surface area contributed by atoms with Crippen LogP contribution < -0.4 is 10.1 Å². The molecule has 1 atom stereocenters. The van der Waals surface area contributed by atoms with Gasteiger partial charge in [0, 0.05) is 12.6 Å². The molecule has 7 heteroatoms. The van der Waals surface area contributed by atoms with E-state index in [-0.39, 0.29) is 23.7 Å². The first kappa shape index (κ1) is 18.6. The number of likely N-dealkylation sites (N-methyl/N-ethyl adjacent to an activating group) is 1. The summed E-state index contributed by atoms with van der Waals surface area (Å²) < 4.78 is 40.3. The molecule has 0 aromatic heterocycles. The lowest BCUT2D eigenvalue weighted by Gasteiger charge is -2.25. The SMILES string of the molecule is CC(C(=O)NC1CCCC1)N(C)Cc1ccc(OC(F)(F)F)cc1. The van der Waals surface area contributed by atoms with Crippen LogP contribution in [0.1, 0.15) is 38.2 Å². The number of alkyl halides is 3. The lowest BCUT2D eigenvalue weighted by Crippen LogP contribution is -2.46. The van der Waals surface area contributed by atoms with Gasteiger partial charge in [-0.3, -0.25) is 9.69 Å². The van der Waals surface area contributed by atoms with Crippen molar-refractivity contribution in [3.05, 3.63) is 29.8 Å². The van der Waals surface area contributed by atoms with E-state index in [1.54, 1.807) is 12.1 Å². The summed E-state index contributed by atoms with van der Waals surface area (Å²) in [5.74, 6) is -0.262. The molecule has 1 N–H and O–H groups in total. The van der Waals surface area contributed by atoms with Crippen molar-refractivity contribution in [2.45, 2.75) is 57.6 Å².